The standard InChI is InChI=1S/C11H12ClN3O6S/c12-9-2-1-8(15(18)19)7-10(9)22(20,21)14-5-3-13(4-6-14)11(16)17/h1-2,7H,3-6H2,(H,16,17). The molecule has 0 radical (unpaired) electrons. The minimum Gasteiger partial charge on any atom is -0.465 e. The number of carboxylic acid groups (broad SMARTS) is 1. The molecule has 9 nitrogen and oxygen atoms in total. The number of nitro benzene ring substituents is 1. The van der Waals surface area contributed by atoms with Gasteiger partial charge in [0.25, 0.3) is 5.69 Å². The van der Waals surface area contributed by atoms with Crippen LogP contribution in [0.4, 0.5) is 10.5 Å². The number of sulfonamides is 1. The first-order chi connectivity index (χ1) is 10.2. The van der Waals surface area contributed by atoms with E-state index in [2.05, 4.69) is 0 Å². The van der Waals surface area contributed by atoms with E-state index < -0.39 is 21.0 Å². The first kappa shape index (κ1) is 16.5. The monoisotopic (exact) mass is 349 g/mol. The summed E-state index contributed by atoms with van der Waals surface area (Å²) in [5.74, 6) is 0. The molecule has 0 saturated carbocycles. The van der Waals surface area contributed by atoms with Gasteiger partial charge in [-0.05, 0) is 6.07 Å². The van der Waals surface area contributed by atoms with Crippen molar-refractivity contribution in [2.75, 3.05) is 26.2 Å². The maximum Gasteiger partial charge on any atom is 0.407 e. The Labute approximate surface area is 130 Å². The number of non-ortho nitro benzene ring substituents is 1. The Bertz CT molecular complexity index is 715. The summed E-state index contributed by atoms with van der Waals surface area (Å²) in [6, 6.07) is 3.17. The number of hydrogen-bond acceptors (Lipinski definition) is 5. The van der Waals surface area contributed by atoms with E-state index in [0.29, 0.717) is 0 Å². The van der Waals surface area contributed by atoms with Gasteiger partial charge in [-0.15, -0.1) is 0 Å². The fourth-order valence-electron chi connectivity index (χ4n) is 2.06. The highest BCUT2D eigenvalue weighted by atomic mass is 35.5. The molecule has 1 aliphatic heterocycles. The SMILES string of the molecule is O=C(O)N1CCN(S(=O)(=O)c2cc([N+](=O)[O-])ccc2Cl)CC1. The van der Waals surface area contributed by atoms with E-state index in [4.69, 9.17) is 16.7 Å². The highest BCUT2D eigenvalue weighted by Crippen LogP contribution is 2.29. The average molecular weight is 350 g/mol. The first-order valence-corrected chi connectivity index (χ1v) is 7.97. The van der Waals surface area contributed by atoms with Crippen LogP contribution in [-0.2, 0) is 10.0 Å². The summed E-state index contributed by atoms with van der Waals surface area (Å²) in [6.07, 6.45) is -1.12. The molecule has 1 aliphatic rings. The zero-order chi connectivity index (χ0) is 16.5. The average Bonchev–Trinajstić information content (AvgIpc) is 2.47. The fraction of sp³-hybridized carbons (Fsp3) is 0.364. The van der Waals surface area contributed by atoms with Crippen molar-refractivity contribution in [2.24, 2.45) is 0 Å². The van der Waals surface area contributed by atoms with Crippen molar-refractivity contribution < 1.29 is 23.2 Å². The molecule has 1 aromatic rings. The van der Waals surface area contributed by atoms with Crippen LogP contribution in [0.15, 0.2) is 23.1 Å². The van der Waals surface area contributed by atoms with Gasteiger partial charge in [0.15, 0.2) is 0 Å². The summed E-state index contributed by atoms with van der Waals surface area (Å²) in [5, 5.41) is 19.5. The van der Waals surface area contributed by atoms with E-state index in [9.17, 15) is 23.3 Å². The van der Waals surface area contributed by atoms with Crippen LogP contribution in [-0.4, -0.2) is 59.9 Å². The molecule has 1 fully saturated rings. The van der Waals surface area contributed by atoms with Gasteiger partial charge in [-0.2, -0.15) is 4.31 Å². The van der Waals surface area contributed by atoms with E-state index >= 15 is 0 Å². The molecular formula is C11H12ClN3O6S. The number of rotatable bonds is 3. The number of nitrogens with zero attached hydrogens (tertiary/aromatic N) is 3. The summed E-state index contributed by atoms with van der Waals surface area (Å²) < 4.78 is 26.1. The van der Waals surface area contributed by atoms with Crippen LogP contribution in [0, 0.1) is 10.1 Å². The maximum atomic E-state index is 12.5. The van der Waals surface area contributed by atoms with Gasteiger partial charge in [-0.3, -0.25) is 10.1 Å². The highest BCUT2D eigenvalue weighted by Gasteiger charge is 2.32. The number of hydrogen-bond donors (Lipinski definition) is 1. The van der Waals surface area contributed by atoms with Crippen molar-refractivity contribution in [2.45, 2.75) is 4.90 Å². The van der Waals surface area contributed by atoms with E-state index in [1.54, 1.807) is 0 Å². The molecule has 11 heteroatoms. The molecule has 0 bridgehead atoms. The lowest BCUT2D eigenvalue weighted by Crippen LogP contribution is -2.50. The summed E-state index contributed by atoms with van der Waals surface area (Å²) >= 11 is 5.85. The molecule has 1 aromatic carbocycles. The van der Waals surface area contributed by atoms with Gasteiger partial charge in [-0.1, -0.05) is 11.6 Å². The van der Waals surface area contributed by atoms with Crippen LogP contribution in [0.2, 0.25) is 5.02 Å². The van der Waals surface area contributed by atoms with Crippen LogP contribution in [0.1, 0.15) is 0 Å². The Morgan fingerprint density at radius 2 is 1.86 bits per heavy atom. The molecule has 1 saturated heterocycles. The summed E-state index contributed by atoms with van der Waals surface area (Å²) in [5.41, 5.74) is -0.382. The van der Waals surface area contributed by atoms with E-state index in [1.165, 1.54) is 0 Å². The van der Waals surface area contributed by atoms with E-state index in [-0.39, 0.29) is 41.8 Å². The third kappa shape index (κ3) is 3.13. The zero-order valence-corrected chi connectivity index (χ0v) is 12.7. The van der Waals surface area contributed by atoms with Gasteiger partial charge >= 0.3 is 6.09 Å². The summed E-state index contributed by atoms with van der Waals surface area (Å²) in [6.45, 7) is -0.0104. The summed E-state index contributed by atoms with van der Waals surface area (Å²) in [4.78, 5) is 21.6. The van der Waals surface area contributed by atoms with Crippen molar-refractivity contribution in [3.05, 3.63) is 33.3 Å². The second-order valence-corrected chi connectivity index (χ2v) is 6.86. The van der Waals surface area contributed by atoms with Crippen LogP contribution in [0.25, 0.3) is 0 Å². The lowest BCUT2D eigenvalue weighted by atomic mass is 10.3. The Morgan fingerprint density at radius 3 is 2.36 bits per heavy atom. The maximum absolute atomic E-state index is 12.5. The Morgan fingerprint density at radius 1 is 1.27 bits per heavy atom. The third-order valence-electron chi connectivity index (χ3n) is 3.25. The Hall–Kier alpha value is -1.91. The molecule has 2 rings (SSSR count). The molecule has 0 atom stereocenters. The molecule has 1 N–H and O–H groups in total. The van der Waals surface area contributed by atoms with Gasteiger partial charge in [0.2, 0.25) is 10.0 Å². The number of carbonyl (C=O) groups is 1. The van der Waals surface area contributed by atoms with Crippen molar-refractivity contribution >= 4 is 33.4 Å². The first-order valence-electron chi connectivity index (χ1n) is 6.15. The third-order valence-corrected chi connectivity index (χ3v) is 5.63. The lowest BCUT2D eigenvalue weighted by Gasteiger charge is -2.32. The Balaban J connectivity index is 2.30. The summed E-state index contributed by atoms with van der Waals surface area (Å²) in [7, 11) is -4.02. The molecular weight excluding hydrogens is 338 g/mol. The number of amides is 1. The lowest BCUT2D eigenvalue weighted by molar-refractivity contribution is -0.385. The molecule has 0 unspecified atom stereocenters. The van der Waals surface area contributed by atoms with Gasteiger partial charge in [0, 0.05) is 38.3 Å². The number of benzene rings is 1. The molecule has 120 valence electrons. The Kier molecular flexibility index (Phi) is 4.54. The van der Waals surface area contributed by atoms with Crippen LogP contribution < -0.4 is 0 Å². The molecule has 1 amide bonds. The zero-order valence-electron chi connectivity index (χ0n) is 11.2. The minimum absolute atomic E-state index is 0.0289. The van der Waals surface area contributed by atoms with Gasteiger partial charge in [0.05, 0.1) is 9.95 Å². The largest absolute Gasteiger partial charge is 0.465 e. The van der Waals surface area contributed by atoms with Crippen LogP contribution in [0.5, 0.6) is 0 Å². The molecule has 22 heavy (non-hydrogen) atoms. The van der Waals surface area contributed by atoms with Crippen molar-refractivity contribution in [1.82, 2.24) is 9.21 Å². The normalized spacial score (nSPS) is 16.5. The highest BCUT2D eigenvalue weighted by molar-refractivity contribution is 7.89. The van der Waals surface area contributed by atoms with Crippen molar-refractivity contribution in [1.29, 1.82) is 0 Å². The van der Waals surface area contributed by atoms with Gasteiger partial charge in [-0.25, -0.2) is 13.2 Å². The number of piperazine rings is 1. The van der Waals surface area contributed by atoms with Crippen LogP contribution >= 0.6 is 11.6 Å². The van der Waals surface area contributed by atoms with Crippen molar-refractivity contribution in [3.8, 4) is 0 Å². The number of halogens is 1. The second-order valence-electron chi connectivity index (χ2n) is 4.55. The van der Waals surface area contributed by atoms with E-state index in [0.717, 1.165) is 27.4 Å². The molecule has 0 spiro atoms. The van der Waals surface area contributed by atoms with E-state index in [1.807, 2.05) is 0 Å². The van der Waals surface area contributed by atoms with Crippen molar-refractivity contribution in [3.63, 3.8) is 0 Å². The molecule has 0 aliphatic carbocycles. The molecule has 1 heterocycles. The predicted molar refractivity (Wildman–Crippen MR) is 76.5 cm³/mol. The minimum atomic E-state index is -4.02. The predicted octanol–water partition coefficient (Wildman–Crippen LogP) is 1.23. The number of nitro groups is 1. The molecule has 0 aromatic heterocycles. The van der Waals surface area contributed by atoms with Gasteiger partial charge < -0.3 is 10.0 Å². The fourth-order valence-corrected chi connectivity index (χ4v) is 3.98. The second kappa shape index (κ2) is 6.07. The quantitative estimate of drug-likeness (QED) is 0.647. The van der Waals surface area contributed by atoms with Gasteiger partial charge in [0.1, 0.15) is 4.90 Å². The topological polar surface area (TPSA) is 121 Å². The smallest absolute Gasteiger partial charge is 0.407 e. The van der Waals surface area contributed by atoms with Crippen LogP contribution in [0.3, 0.4) is 0 Å².